The monoisotopic (exact) mass is 351 g/mol. The maximum atomic E-state index is 12.7. The summed E-state index contributed by atoms with van der Waals surface area (Å²) in [5.41, 5.74) is 1.90. The summed E-state index contributed by atoms with van der Waals surface area (Å²) in [6.07, 6.45) is 4.09. The second kappa shape index (κ2) is 7.70. The SMILES string of the molecule is CC(C)OCCCNC(=O)CC1CSc2nc3c(c(=O)n21)CCC3. The number of aromatic nitrogens is 2. The van der Waals surface area contributed by atoms with E-state index in [2.05, 4.69) is 10.3 Å². The van der Waals surface area contributed by atoms with E-state index in [9.17, 15) is 9.59 Å². The Hall–Kier alpha value is -1.34. The van der Waals surface area contributed by atoms with Crippen LogP contribution >= 0.6 is 11.8 Å². The van der Waals surface area contributed by atoms with Crippen molar-refractivity contribution in [2.24, 2.45) is 0 Å². The van der Waals surface area contributed by atoms with Crippen molar-refractivity contribution in [2.45, 2.75) is 63.3 Å². The largest absolute Gasteiger partial charge is 0.379 e. The zero-order valence-electron chi connectivity index (χ0n) is 14.3. The van der Waals surface area contributed by atoms with Gasteiger partial charge in [0.15, 0.2) is 5.16 Å². The lowest BCUT2D eigenvalue weighted by Gasteiger charge is -2.14. The quantitative estimate of drug-likeness (QED) is 0.598. The first kappa shape index (κ1) is 17.5. The lowest BCUT2D eigenvalue weighted by Crippen LogP contribution is -2.32. The summed E-state index contributed by atoms with van der Waals surface area (Å²) in [7, 11) is 0. The number of nitrogens with one attached hydrogen (secondary N) is 1. The van der Waals surface area contributed by atoms with Crippen molar-refractivity contribution in [1.29, 1.82) is 0 Å². The van der Waals surface area contributed by atoms with Crippen molar-refractivity contribution in [3.05, 3.63) is 21.6 Å². The Bertz CT molecular complexity index is 672. The molecule has 24 heavy (non-hydrogen) atoms. The molecular formula is C17H25N3O3S. The number of carbonyl (C=O) groups excluding carboxylic acids is 1. The lowest BCUT2D eigenvalue weighted by molar-refractivity contribution is -0.121. The standard InChI is InChI=1S/C17H25N3O3S/c1-11(2)23-8-4-7-18-15(21)9-12-10-24-17-19-14-6-3-5-13(14)16(22)20(12)17/h11-12H,3-10H2,1-2H3,(H,18,21). The van der Waals surface area contributed by atoms with Gasteiger partial charge < -0.3 is 10.1 Å². The first-order valence-corrected chi connectivity index (χ1v) is 9.70. The van der Waals surface area contributed by atoms with Gasteiger partial charge in [-0.25, -0.2) is 4.98 Å². The van der Waals surface area contributed by atoms with Crippen LogP contribution in [0.3, 0.4) is 0 Å². The van der Waals surface area contributed by atoms with Crippen LogP contribution in [-0.2, 0) is 22.4 Å². The van der Waals surface area contributed by atoms with Gasteiger partial charge in [-0.3, -0.25) is 14.2 Å². The van der Waals surface area contributed by atoms with Gasteiger partial charge in [-0.15, -0.1) is 0 Å². The molecule has 0 radical (unpaired) electrons. The van der Waals surface area contributed by atoms with E-state index >= 15 is 0 Å². The summed E-state index contributed by atoms with van der Waals surface area (Å²) in [6.45, 7) is 5.25. The molecule has 3 rings (SSSR count). The average molecular weight is 351 g/mol. The van der Waals surface area contributed by atoms with Gasteiger partial charge in [0.1, 0.15) is 0 Å². The van der Waals surface area contributed by atoms with E-state index < -0.39 is 0 Å². The zero-order chi connectivity index (χ0) is 17.1. The molecule has 0 spiro atoms. The van der Waals surface area contributed by atoms with Crippen molar-refractivity contribution in [2.75, 3.05) is 18.9 Å². The molecule has 132 valence electrons. The summed E-state index contributed by atoms with van der Waals surface area (Å²) in [4.78, 5) is 29.5. The van der Waals surface area contributed by atoms with E-state index in [0.29, 0.717) is 19.6 Å². The molecule has 1 unspecified atom stereocenters. The number of rotatable bonds is 7. The van der Waals surface area contributed by atoms with E-state index in [-0.39, 0.29) is 23.6 Å². The molecule has 2 heterocycles. The maximum absolute atomic E-state index is 12.7. The molecule has 1 atom stereocenters. The molecule has 1 aromatic rings. The number of hydrogen-bond acceptors (Lipinski definition) is 5. The average Bonchev–Trinajstić information content (AvgIpc) is 3.14. The molecule has 7 heteroatoms. The minimum absolute atomic E-state index is 0.00889. The van der Waals surface area contributed by atoms with Gasteiger partial charge in [-0.1, -0.05) is 11.8 Å². The van der Waals surface area contributed by atoms with E-state index in [1.54, 1.807) is 16.3 Å². The van der Waals surface area contributed by atoms with E-state index in [4.69, 9.17) is 4.74 Å². The van der Waals surface area contributed by atoms with Crippen LogP contribution in [0.4, 0.5) is 0 Å². The smallest absolute Gasteiger partial charge is 0.257 e. The summed E-state index contributed by atoms with van der Waals surface area (Å²) >= 11 is 1.59. The molecule has 1 amide bonds. The van der Waals surface area contributed by atoms with Crippen LogP contribution in [0.25, 0.3) is 0 Å². The van der Waals surface area contributed by atoms with E-state index in [1.807, 2.05) is 13.8 Å². The van der Waals surface area contributed by atoms with Crippen molar-refractivity contribution in [1.82, 2.24) is 14.9 Å². The van der Waals surface area contributed by atoms with Gasteiger partial charge in [-0.2, -0.15) is 0 Å². The molecule has 0 aromatic carbocycles. The van der Waals surface area contributed by atoms with Crippen LogP contribution in [0.15, 0.2) is 9.95 Å². The van der Waals surface area contributed by atoms with Gasteiger partial charge in [0, 0.05) is 30.9 Å². The van der Waals surface area contributed by atoms with Crippen LogP contribution in [0.1, 0.15) is 50.4 Å². The molecule has 0 saturated carbocycles. The van der Waals surface area contributed by atoms with Crippen molar-refractivity contribution >= 4 is 17.7 Å². The molecule has 0 saturated heterocycles. The number of amides is 1. The third kappa shape index (κ3) is 3.83. The second-order valence-electron chi connectivity index (χ2n) is 6.64. The topological polar surface area (TPSA) is 73.2 Å². The minimum Gasteiger partial charge on any atom is -0.379 e. The molecule has 0 fully saturated rings. The van der Waals surface area contributed by atoms with Crippen molar-refractivity contribution < 1.29 is 9.53 Å². The Kier molecular flexibility index (Phi) is 5.61. The fourth-order valence-corrected chi connectivity index (χ4v) is 4.36. The summed E-state index contributed by atoms with van der Waals surface area (Å²) in [6, 6.07) is -0.0807. The number of thioether (sulfide) groups is 1. The van der Waals surface area contributed by atoms with Gasteiger partial charge in [-0.05, 0) is 39.5 Å². The Morgan fingerprint density at radius 3 is 3.08 bits per heavy atom. The molecule has 1 aliphatic carbocycles. The number of nitrogens with zero attached hydrogens (tertiary/aromatic N) is 2. The number of fused-ring (bicyclic) bond motifs is 2. The summed E-state index contributed by atoms with van der Waals surface area (Å²) < 4.78 is 7.20. The normalized spacial score (nSPS) is 18.7. The number of aryl methyl sites for hydroxylation is 1. The summed E-state index contributed by atoms with van der Waals surface area (Å²) in [5, 5.41) is 3.70. The fourth-order valence-electron chi connectivity index (χ4n) is 3.21. The Labute approximate surface area is 146 Å². The van der Waals surface area contributed by atoms with Crippen LogP contribution in [0, 0.1) is 0 Å². The zero-order valence-corrected chi connectivity index (χ0v) is 15.2. The number of ether oxygens (including phenoxy) is 1. The maximum Gasteiger partial charge on any atom is 0.257 e. The highest BCUT2D eigenvalue weighted by molar-refractivity contribution is 7.99. The van der Waals surface area contributed by atoms with Gasteiger partial charge in [0.2, 0.25) is 5.91 Å². The highest BCUT2D eigenvalue weighted by Gasteiger charge is 2.30. The highest BCUT2D eigenvalue weighted by atomic mass is 32.2. The minimum atomic E-state index is -0.0807. The number of carbonyl (C=O) groups is 1. The molecule has 0 bridgehead atoms. The molecule has 1 aromatic heterocycles. The van der Waals surface area contributed by atoms with Gasteiger partial charge >= 0.3 is 0 Å². The van der Waals surface area contributed by atoms with E-state index in [0.717, 1.165) is 47.8 Å². The van der Waals surface area contributed by atoms with Gasteiger partial charge in [0.25, 0.3) is 5.56 Å². The predicted octanol–water partition coefficient (Wildman–Crippen LogP) is 1.70. The molecule has 1 aliphatic heterocycles. The van der Waals surface area contributed by atoms with Crippen LogP contribution in [0.5, 0.6) is 0 Å². The molecule has 2 aliphatic rings. The van der Waals surface area contributed by atoms with Gasteiger partial charge in [0.05, 0.1) is 17.8 Å². The second-order valence-corrected chi connectivity index (χ2v) is 7.63. The summed E-state index contributed by atoms with van der Waals surface area (Å²) in [5.74, 6) is 0.736. The third-order valence-electron chi connectivity index (χ3n) is 4.39. The van der Waals surface area contributed by atoms with Crippen molar-refractivity contribution in [3.8, 4) is 0 Å². The van der Waals surface area contributed by atoms with Crippen LogP contribution in [0.2, 0.25) is 0 Å². The fraction of sp³-hybridized carbons (Fsp3) is 0.706. The third-order valence-corrected chi connectivity index (χ3v) is 5.49. The first-order chi connectivity index (χ1) is 11.6. The molecule has 6 nitrogen and oxygen atoms in total. The Morgan fingerprint density at radius 2 is 2.29 bits per heavy atom. The number of hydrogen-bond donors (Lipinski definition) is 1. The molecule has 1 N–H and O–H groups in total. The Morgan fingerprint density at radius 1 is 1.46 bits per heavy atom. The van der Waals surface area contributed by atoms with Crippen molar-refractivity contribution in [3.63, 3.8) is 0 Å². The lowest BCUT2D eigenvalue weighted by atomic mass is 10.2. The van der Waals surface area contributed by atoms with E-state index in [1.165, 1.54) is 0 Å². The predicted molar refractivity (Wildman–Crippen MR) is 93.6 cm³/mol. The first-order valence-electron chi connectivity index (χ1n) is 8.71. The highest BCUT2D eigenvalue weighted by Crippen LogP contribution is 2.33. The molecular weight excluding hydrogens is 326 g/mol. The van der Waals surface area contributed by atoms with Crippen LogP contribution in [-0.4, -0.2) is 40.5 Å². The Balaban J connectivity index is 1.55. The van der Waals surface area contributed by atoms with Crippen LogP contribution < -0.4 is 10.9 Å².